The second-order valence-electron chi connectivity index (χ2n) is 6.98. The van der Waals surface area contributed by atoms with Gasteiger partial charge in [0.05, 0.1) is 12.8 Å². The molecule has 3 N–H and O–H groups in total. The Morgan fingerprint density at radius 1 is 1.10 bits per heavy atom. The number of rotatable bonds is 8. The fraction of sp³-hybridized carbons (Fsp3) is 0.333. The zero-order chi connectivity index (χ0) is 22.1. The van der Waals surface area contributed by atoms with E-state index in [9.17, 15) is 19.2 Å². The van der Waals surface area contributed by atoms with Crippen LogP contribution < -0.4 is 16.0 Å². The van der Waals surface area contributed by atoms with Gasteiger partial charge < -0.3 is 19.8 Å². The quantitative estimate of drug-likeness (QED) is 0.565. The van der Waals surface area contributed by atoms with E-state index in [-0.39, 0.29) is 12.5 Å². The van der Waals surface area contributed by atoms with Crippen molar-refractivity contribution in [1.29, 1.82) is 0 Å². The van der Waals surface area contributed by atoms with Gasteiger partial charge in [-0.2, -0.15) is 0 Å². The number of nitrogens with one attached hydrogen (secondary N) is 3. The number of benzene rings is 1. The molecule has 2 aromatic rings. The Balaban J connectivity index is 1.81. The second-order valence-corrected chi connectivity index (χ2v) is 6.98. The SMILES string of the molecule is Cc1cccc(C(=O)N[C@H](C(=O)OCC(=O)NC(=O)NCc2ccco2)C(C)C)c1. The summed E-state index contributed by atoms with van der Waals surface area (Å²) in [5.74, 6) is -1.74. The highest BCUT2D eigenvalue weighted by molar-refractivity contribution is 5.98. The molecule has 0 fully saturated rings. The lowest BCUT2D eigenvalue weighted by molar-refractivity contribution is -0.151. The lowest BCUT2D eigenvalue weighted by Crippen LogP contribution is -2.47. The Morgan fingerprint density at radius 3 is 2.50 bits per heavy atom. The van der Waals surface area contributed by atoms with Gasteiger partial charge >= 0.3 is 12.0 Å². The van der Waals surface area contributed by atoms with Crippen molar-refractivity contribution in [3.63, 3.8) is 0 Å². The number of esters is 1. The minimum atomic E-state index is -0.946. The molecule has 160 valence electrons. The van der Waals surface area contributed by atoms with Gasteiger partial charge in [0, 0.05) is 5.56 Å². The summed E-state index contributed by atoms with van der Waals surface area (Å²) in [4.78, 5) is 48.3. The van der Waals surface area contributed by atoms with Crippen LogP contribution in [0, 0.1) is 12.8 Å². The van der Waals surface area contributed by atoms with E-state index >= 15 is 0 Å². The molecule has 9 heteroatoms. The number of urea groups is 1. The van der Waals surface area contributed by atoms with Crippen LogP contribution in [0.15, 0.2) is 47.1 Å². The van der Waals surface area contributed by atoms with Crippen LogP contribution in [0.25, 0.3) is 0 Å². The molecule has 30 heavy (non-hydrogen) atoms. The van der Waals surface area contributed by atoms with Gasteiger partial charge in [-0.15, -0.1) is 0 Å². The Bertz CT molecular complexity index is 892. The van der Waals surface area contributed by atoms with E-state index in [4.69, 9.17) is 9.15 Å². The van der Waals surface area contributed by atoms with Crippen molar-refractivity contribution in [3.8, 4) is 0 Å². The highest BCUT2D eigenvalue weighted by atomic mass is 16.5. The lowest BCUT2D eigenvalue weighted by atomic mass is 10.0. The number of aryl methyl sites for hydroxylation is 1. The predicted molar refractivity (Wildman–Crippen MR) is 107 cm³/mol. The third-order valence-electron chi connectivity index (χ3n) is 4.09. The largest absolute Gasteiger partial charge is 0.467 e. The van der Waals surface area contributed by atoms with Crippen LogP contribution in [-0.2, 0) is 20.9 Å². The normalized spacial score (nSPS) is 11.5. The minimum absolute atomic E-state index is 0.103. The predicted octanol–water partition coefficient (Wildman–Crippen LogP) is 1.91. The molecule has 0 unspecified atom stereocenters. The molecule has 2 rings (SSSR count). The molecule has 9 nitrogen and oxygen atoms in total. The van der Waals surface area contributed by atoms with E-state index in [1.165, 1.54) is 6.26 Å². The standard InChI is InChI=1S/C21H25N3O6/c1-13(2)18(24-19(26)15-7-4-6-14(3)10-15)20(27)30-12-17(25)23-21(28)22-11-16-8-5-9-29-16/h4-10,13,18H,11-12H2,1-3H3,(H,24,26)(H2,22,23,25,28)/t18-/m0/s1. The molecular formula is C21H25N3O6. The molecule has 0 aliphatic rings. The topological polar surface area (TPSA) is 127 Å². The summed E-state index contributed by atoms with van der Waals surface area (Å²) in [6.45, 7) is 4.78. The summed E-state index contributed by atoms with van der Waals surface area (Å²) < 4.78 is 10.0. The fourth-order valence-electron chi connectivity index (χ4n) is 2.52. The molecule has 0 spiro atoms. The van der Waals surface area contributed by atoms with Crippen LogP contribution in [0.4, 0.5) is 4.79 Å². The van der Waals surface area contributed by atoms with Crippen LogP contribution in [0.2, 0.25) is 0 Å². The van der Waals surface area contributed by atoms with E-state index in [1.54, 1.807) is 44.2 Å². The molecule has 1 atom stereocenters. The molecule has 1 heterocycles. The number of ether oxygens (including phenoxy) is 1. The number of imide groups is 1. The number of furan rings is 1. The average molecular weight is 415 g/mol. The molecule has 0 aliphatic carbocycles. The van der Waals surface area contributed by atoms with Gasteiger partial charge in [0.1, 0.15) is 11.8 Å². The molecule has 0 aliphatic heterocycles. The van der Waals surface area contributed by atoms with Gasteiger partial charge in [-0.05, 0) is 37.1 Å². The highest BCUT2D eigenvalue weighted by Crippen LogP contribution is 2.08. The van der Waals surface area contributed by atoms with Crippen molar-refractivity contribution in [3.05, 3.63) is 59.5 Å². The van der Waals surface area contributed by atoms with E-state index in [1.807, 2.05) is 18.3 Å². The maximum Gasteiger partial charge on any atom is 0.329 e. The van der Waals surface area contributed by atoms with Crippen LogP contribution >= 0.6 is 0 Å². The van der Waals surface area contributed by atoms with E-state index in [2.05, 4.69) is 10.6 Å². The van der Waals surface area contributed by atoms with Crippen LogP contribution in [0.1, 0.15) is 35.5 Å². The minimum Gasteiger partial charge on any atom is -0.467 e. The average Bonchev–Trinajstić information content (AvgIpc) is 3.22. The maximum absolute atomic E-state index is 12.4. The highest BCUT2D eigenvalue weighted by Gasteiger charge is 2.27. The summed E-state index contributed by atoms with van der Waals surface area (Å²) in [6.07, 6.45) is 1.46. The molecular weight excluding hydrogens is 390 g/mol. The summed E-state index contributed by atoms with van der Waals surface area (Å²) >= 11 is 0. The molecule has 1 aromatic heterocycles. The van der Waals surface area contributed by atoms with Gasteiger partial charge in [0.25, 0.3) is 11.8 Å². The fourth-order valence-corrected chi connectivity index (χ4v) is 2.52. The first-order valence-electron chi connectivity index (χ1n) is 9.40. The number of carbonyl (C=O) groups excluding carboxylic acids is 4. The molecule has 0 saturated heterocycles. The Kier molecular flexibility index (Phi) is 8.16. The number of hydrogen-bond donors (Lipinski definition) is 3. The van der Waals surface area contributed by atoms with Crippen LogP contribution in [0.5, 0.6) is 0 Å². The van der Waals surface area contributed by atoms with E-state index < -0.39 is 36.5 Å². The zero-order valence-electron chi connectivity index (χ0n) is 17.1. The number of carbonyl (C=O) groups is 4. The van der Waals surface area contributed by atoms with E-state index in [0.717, 1.165) is 5.56 Å². The second kappa shape index (κ2) is 10.8. The third-order valence-corrected chi connectivity index (χ3v) is 4.09. The van der Waals surface area contributed by atoms with Gasteiger partial charge in [-0.25, -0.2) is 9.59 Å². The van der Waals surface area contributed by atoms with Gasteiger partial charge in [-0.1, -0.05) is 31.5 Å². The molecule has 0 bridgehead atoms. The lowest BCUT2D eigenvalue weighted by Gasteiger charge is -2.20. The van der Waals surface area contributed by atoms with Crippen molar-refractivity contribution in [2.45, 2.75) is 33.4 Å². The third kappa shape index (κ3) is 7.08. The Morgan fingerprint density at radius 2 is 1.87 bits per heavy atom. The van der Waals surface area contributed by atoms with E-state index in [0.29, 0.717) is 11.3 Å². The number of amides is 4. The molecule has 1 aromatic carbocycles. The smallest absolute Gasteiger partial charge is 0.329 e. The summed E-state index contributed by atoms with van der Waals surface area (Å²) in [5, 5.41) is 7.10. The summed E-state index contributed by atoms with van der Waals surface area (Å²) in [6, 6.07) is 8.58. The first kappa shape index (κ1) is 22.7. The Hall–Kier alpha value is -3.62. The molecule has 0 saturated carbocycles. The molecule has 0 radical (unpaired) electrons. The first-order valence-corrected chi connectivity index (χ1v) is 9.40. The van der Waals surface area contributed by atoms with Crippen LogP contribution in [-0.4, -0.2) is 36.5 Å². The van der Waals surface area contributed by atoms with Crippen LogP contribution in [0.3, 0.4) is 0 Å². The number of hydrogen-bond acceptors (Lipinski definition) is 6. The van der Waals surface area contributed by atoms with Crippen molar-refractivity contribution >= 4 is 23.8 Å². The van der Waals surface area contributed by atoms with Crippen molar-refractivity contribution in [2.75, 3.05) is 6.61 Å². The maximum atomic E-state index is 12.4. The van der Waals surface area contributed by atoms with Crippen molar-refractivity contribution < 1.29 is 28.3 Å². The van der Waals surface area contributed by atoms with Crippen molar-refractivity contribution in [2.24, 2.45) is 5.92 Å². The van der Waals surface area contributed by atoms with Crippen molar-refractivity contribution in [1.82, 2.24) is 16.0 Å². The van der Waals surface area contributed by atoms with Gasteiger partial charge in [0.2, 0.25) is 0 Å². The zero-order valence-corrected chi connectivity index (χ0v) is 17.1. The van der Waals surface area contributed by atoms with Gasteiger partial charge in [0.15, 0.2) is 6.61 Å². The summed E-state index contributed by atoms with van der Waals surface area (Å²) in [7, 11) is 0. The Labute approximate surface area is 174 Å². The van der Waals surface area contributed by atoms with Gasteiger partial charge in [-0.3, -0.25) is 14.9 Å². The molecule has 4 amide bonds. The monoisotopic (exact) mass is 415 g/mol. The first-order chi connectivity index (χ1) is 14.3. The summed E-state index contributed by atoms with van der Waals surface area (Å²) in [5.41, 5.74) is 1.33.